The highest BCUT2D eigenvalue weighted by atomic mass is 35.5. The molecule has 0 spiro atoms. The van der Waals surface area contributed by atoms with Crippen molar-refractivity contribution < 1.29 is 0 Å². The van der Waals surface area contributed by atoms with Crippen molar-refractivity contribution in [3.63, 3.8) is 0 Å². The van der Waals surface area contributed by atoms with Gasteiger partial charge in [-0.2, -0.15) is 0 Å². The van der Waals surface area contributed by atoms with Crippen LogP contribution in [-0.2, 0) is 6.54 Å². The summed E-state index contributed by atoms with van der Waals surface area (Å²) >= 11 is 12.5. The summed E-state index contributed by atoms with van der Waals surface area (Å²) in [6.45, 7) is 7.07. The number of rotatable bonds is 3. The van der Waals surface area contributed by atoms with Gasteiger partial charge in [0, 0.05) is 41.5 Å². The molecular weight excluding hydrogens is 281 g/mol. The third-order valence-electron chi connectivity index (χ3n) is 4.09. The van der Waals surface area contributed by atoms with Gasteiger partial charge in [0.25, 0.3) is 0 Å². The molecule has 2 rings (SSSR count). The summed E-state index contributed by atoms with van der Waals surface area (Å²) in [6.07, 6.45) is 2.27. The SMILES string of the molecule is CNC1(C)CCN(Cc2c(Cl)cc(C)nc2Cl)CC1. The first-order valence-electron chi connectivity index (χ1n) is 6.66. The Bertz CT molecular complexity index is 431. The van der Waals surface area contributed by atoms with Gasteiger partial charge in [0.05, 0.1) is 0 Å². The lowest BCUT2D eigenvalue weighted by molar-refractivity contribution is 0.146. The number of nitrogens with one attached hydrogen (secondary N) is 1. The molecule has 1 N–H and O–H groups in total. The molecule has 5 heteroatoms. The van der Waals surface area contributed by atoms with E-state index in [1.807, 2.05) is 20.0 Å². The van der Waals surface area contributed by atoms with E-state index in [1.165, 1.54) is 0 Å². The molecule has 0 atom stereocenters. The second-order valence-corrected chi connectivity index (χ2v) is 6.37. The fourth-order valence-electron chi connectivity index (χ4n) is 2.44. The van der Waals surface area contributed by atoms with Crippen LogP contribution in [0, 0.1) is 6.92 Å². The van der Waals surface area contributed by atoms with Crippen LogP contribution >= 0.6 is 23.2 Å². The van der Waals surface area contributed by atoms with E-state index < -0.39 is 0 Å². The molecule has 1 aromatic heterocycles. The van der Waals surface area contributed by atoms with Crippen molar-refractivity contribution in [3.05, 3.63) is 27.5 Å². The summed E-state index contributed by atoms with van der Waals surface area (Å²) in [7, 11) is 2.04. The van der Waals surface area contributed by atoms with Gasteiger partial charge in [-0.1, -0.05) is 23.2 Å². The summed E-state index contributed by atoms with van der Waals surface area (Å²) in [4.78, 5) is 6.68. The summed E-state index contributed by atoms with van der Waals surface area (Å²) in [5, 5.41) is 4.66. The topological polar surface area (TPSA) is 28.2 Å². The molecule has 0 saturated carbocycles. The van der Waals surface area contributed by atoms with Crippen molar-refractivity contribution in [2.45, 2.75) is 38.8 Å². The quantitative estimate of drug-likeness (QED) is 0.869. The van der Waals surface area contributed by atoms with Gasteiger partial charge in [-0.25, -0.2) is 4.98 Å². The first-order chi connectivity index (χ1) is 8.93. The van der Waals surface area contributed by atoms with Crippen LogP contribution in [0.3, 0.4) is 0 Å². The fourth-order valence-corrected chi connectivity index (χ4v) is 3.09. The highest BCUT2D eigenvalue weighted by Crippen LogP contribution is 2.28. The van der Waals surface area contributed by atoms with Crippen molar-refractivity contribution in [2.24, 2.45) is 0 Å². The Kier molecular flexibility index (Phi) is 4.72. The number of hydrogen-bond acceptors (Lipinski definition) is 3. The average Bonchev–Trinajstić information content (AvgIpc) is 2.36. The standard InChI is InChI=1S/C14H21Cl2N3/c1-10-8-12(15)11(13(16)18-10)9-19-6-4-14(2,17-3)5-7-19/h8,17H,4-7,9H2,1-3H3. The van der Waals surface area contributed by atoms with Gasteiger partial charge in [0.15, 0.2) is 0 Å². The number of aryl methyl sites for hydroxylation is 1. The summed E-state index contributed by atoms with van der Waals surface area (Å²) in [5.41, 5.74) is 2.07. The average molecular weight is 302 g/mol. The normalized spacial score (nSPS) is 19.6. The molecule has 2 heterocycles. The van der Waals surface area contributed by atoms with E-state index in [2.05, 4.69) is 22.1 Å². The molecular formula is C14H21Cl2N3. The molecule has 1 fully saturated rings. The van der Waals surface area contributed by atoms with E-state index in [0.29, 0.717) is 5.15 Å². The number of aromatic nitrogens is 1. The smallest absolute Gasteiger partial charge is 0.135 e. The maximum atomic E-state index is 6.27. The van der Waals surface area contributed by atoms with Crippen LogP contribution in [0.25, 0.3) is 0 Å². The molecule has 0 bridgehead atoms. The van der Waals surface area contributed by atoms with Crippen LogP contribution in [0.4, 0.5) is 0 Å². The van der Waals surface area contributed by atoms with E-state index in [9.17, 15) is 0 Å². The van der Waals surface area contributed by atoms with Crippen LogP contribution in [-0.4, -0.2) is 35.6 Å². The number of nitrogens with zero attached hydrogens (tertiary/aromatic N) is 2. The van der Waals surface area contributed by atoms with Gasteiger partial charge in [-0.05, 0) is 39.8 Å². The molecule has 1 aliphatic heterocycles. The minimum Gasteiger partial charge on any atom is -0.314 e. The number of pyridine rings is 1. The first kappa shape index (κ1) is 15.0. The minimum absolute atomic E-state index is 0.260. The minimum atomic E-state index is 0.260. The lowest BCUT2D eigenvalue weighted by Gasteiger charge is -2.39. The number of piperidine rings is 1. The van der Waals surface area contributed by atoms with Crippen molar-refractivity contribution in [1.82, 2.24) is 15.2 Å². The van der Waals surface area contributed by atoms with Crippen molar-refractivity contribution in [1.29, 1.82) is 0 Å². The van der Waals surface area contributed by atoms with E-state index >= 15 is 0 Å². The van der Waals surface area contributed by atoms with E-state index in [0.717, 1.165) is 48.8 Å². The van der Waals surface area contributed by atoms with Crippen LogP contribution in [0.1, 0.15) is 31.0 Å². The van der Waals surface area contributed by atoms with Gasteiger partial charge in [0.1, 0.15) is 5.15 Å². The van der Waals surface area contributed by atoms with Crippen molar-refractivity contribution in [3.8, 4) is 0 Å². The predicted octanol–water partition coefficient (Wildman–Crippen LogP) is 3.27. The van der Waals surface area contributed by atoms with Gasteiger partial charge in [-0.15, -0.1) is 0 Å². The van der Waals surface area contributed by atoms with Crippen LogP contribution in [0.5, 0.6) is 0 Å². The largest absolute Gasteiger partial charge is 0.314 e. The van der Waals surface area contributed by atoms with Crippen molar-refractivity contribution in [2.75, 3.05) is 20.1 Å². The van der Waals surface area contributed by atoms with Crippen molar-refractivity contribution >= 4 is 23.2 Å². The molecule has 0 unspecified atom stereocenters. The summed E-state index contributed by atoms with van der Waals surface area (Å²) in [6, 6.07) is 1.88. The zero-order valence-electron chi connectivity index (χ0n) is 11.8. The summed E-state index contributed by atoms with van der Waals surface area (Å²) in [5.74, 6) is 0. The number of likely N-dealkylation sites (tertiary alicyclic amines) is 1. The molecule has 3 nitrogen and oxygen atoms in total. The third kappa shape index (κ3) is 3.60. The van der Waals surface area contributed by atoms with E-state index in [4.69, 9.17) is 23.2 Å². The Labute approximate surface area is 125 Å². The highest BCUT2D eigenvalue weighted by Gasteiger charge is 2.28. The molecule has 1 aromatic rings. The molecule has 19 heavy (non-hydrogen) atoms. The maximum absolute atomic E-state index is 6.27. The van der Waals surface area contributed by atoms with Gasteiger partial charge in [-0.3, -0.25) is 4.90 Å². The zero-order valence-corrected chi connectivity index (χ0v) is 13.3. The highest BCUT2D eigenvalue weighted by molar-refractivity contribution is 6.35. The third-order valence-corrected chi connectivity index (χ3v) is 4.74. The Hall–Kier alpha value is -0.350. The van der Waals surface area contributed by atoms with Crippen LogP contribution in [0.2, 0.25) is 10.2 Å². The van der Waals surface area contributed by atoms with Crippen LogP contribution < -0.4 is 5.32 Å². The molecule has 0 aromatic carbocycles. The Morgan fingerprint density at radius 2 is 2.00 bits per heavy atom. The fraction of sp³-hybridized carbons (Fsp3) is 0.643. The molecule has 1 saturated heterocycles. The Morgan fingerprint density at radius 1 is 1.37 bits per heavy atom. The Morgan fingerprint density at radius 3 is 2.53 bits per heavy atom. The van der Waals surface area contributed by atoms with Gasteiger partial charge < -0.3 is 5.32 Å². The van der Waals surface area contributed by atoms with E-state index in [1.54, 1.807) is 0 Å². The molecule has 1 aliphatic rings. The van der Waals surface area contributed by atoms with E-state index in [-0.39, 0.29) is 5.54 Å². The monoisotopic (exact) mass is 301 g/mol. The van der Waals surface area contributed by atoms with Gasteiger partial charge in [0.2, 0.25) is 0 Å². The zero-order chi connectivity index (χ0) is 14.0. The lowest BCUT2D eigenvalue weighted by Crippen LogP contribution is -2.49. The summed E-state index contributed by atoms with van der Waals surface area (Å²) < 4.78 is 0. The molecule has 0 radical (unpaired) electrons. The number of halogens is 2. The number of hydrogen-bond donors (Lipinski definition) is 1. The molecule has 106 valence electrons. The second kappa shape index (κ2) is 5.96. The molecule has 0 aliphatic carbocycles. The lowest BCUT2D eigenvalue weighted by atomic mass is 9.90. The van der Waals surface area contributed by atoms with Gasteiger partial charge >= 0.3 is 0 Å². The second-order valence-electron chi connectivity index (χ2n) is 5.60. The first-order valence-corrected chi connectivity index (χ1v) is 7.42. The Balaban J connectivity index is 2.04. The molecule has 0 amide bonds. The van der Waals surface area contributed by atoms with Crippen LogP contribution in [0.15, 0.2) is 6.07 Å². The predicted molar refractivity (Wildman–Crippen MR) is 81.0 cm³/mol. The maximum Gasteiger partial charge on any atom is 0.135 e.